The lowest BCUT2D eigenvalue weighted by Crippen LogP contribution is -2.54. The van der Waals surface area contributed by atoms with Crippen molar-refractivity contribution in [3.8, 4) is 0 Å². The first kappa shape index (κ1) is 19.2. The average molecular weight is 360 g/mol. The summed E-state index contributed by atoms with van der Waals surface area (Å²) in [6.45, 7) is 10.9. The third-order valence-corrected chi connectivity index (χ3v) is 5.52. The Morgan fingerprint density at radius 2 is 2.08 bits per heavy atom. The fraction of sp³-hybridized carbons (Fsp3) is 0.667. The summed E-state index contributed by atoms with van der Waals surface area (Å²) in [5.74, 6) is 0. The topological polar surface area (TPSA) is 53.6 Å². The van der Waals surface area contributed by atoms with Gasteiger partial charge in [0, 0.05) is 38.8 Å². The fourth-order valence-electron chi connectivity index (χ4n) is 3.73. The Morgan fingerprint density at radius 3 is 2.77 bits per heavy atom. The predicted octanol–water partition coefficient (Wildman–Crippen LogP) is 2.94. The summed E-state index contributed by atoms with van der Waals surface area (Å²) < 4.78 is 5.58. The molecule has 2 aliphatic rings. The Morgan fingerprint density at radius 1 is 1.31 bits per heavy atom. The molecule has 5 nitrogen and oxygen atoms in total. The van der Waals surface area contributed by atoms with Gasteiger partial charge in [-0.15, -0.1) is 0 Å². The Hall–Kier alpha value is -1.59. The molecule has 1 saturated heterocycles. The molecule has 0 bridgehead atoms. The molecule has 2 atom stereocenters. The molecule has 2 amide bonds. The maximum atomic E-state index is 12.4. The third-order valence-electron chi connectivity index (χ3n) is 5.52. The molecule has 5 heteroatoms. The molecule has 0 aliphatic carbocycles. The van der Waals surface area contributed by atoms with Gasteiger partial charge in [0.2, 0.25) is 0 Å². The van der Waals surface area contributed by atoms with E-state index in [4.69, 9.17) is 4.74 Å². The lowest BCUT2D eigenvalue weighted by molar-refractivity contribution is 0.110. The highest BCUT2D eigenvalue weighted by atomic mass is 16.5. The van der Waals surface area contributed by atoms with E-state index in [0.29, 0.717) is 6.54 Å². The van der Waals surface area contributed by atoms with Crippen molar-refractivity contribution in [1.82, 2.24) is 15.5 Å². The van der Waals surface area contributed by atoms with Gasteiger partial charge in [-0.1, -0.05) is 45.0 Å². The van der Waals surface area contributed by atoms with Crippen molar-refractivity contribution < 1.29 is 9.53 Å². The minimum Gasteiger partial charge on any atom is -0.376 e. The number of nitrogens with zero attached hydrogens (tertiary/aromatic N) is 1. The molecule has 0 unspecified atom stereocenters. The summed E-state index contributed by atoms with van der Waals surface area (Å²) in [6, 6.07) is 8.68. The van der Waals surface area contributed by atoms with E-state index in [1.54, 1.807) is 0 Å². The molecule has 0 radical (unpaired) electrons. The highest BCUT2D eigenvalue weighted by Crippen LogP contribution is 2.24. The van der Waals surface area contributed by atoms with Crippen molar-refractivity contribution >= 4 is 6.03 Å². The smallest absolute Gasteiger partial charge is 0.315 e. The molecule has 2 heterocycles. The molecule has 2 N–H and O–H groups in total. The molecule has 1 aromatic carbocycles. The van der Waals surface area contributed by atoms with E-state index < -0.39 is 0 Å². The van der Waals surface area contributed by atoms with Gasteiger partial charge in [-0.3, -0.25) is 4.90 Å². The molecular formula is C21H33N3O2. The number of carbonyl (C=O) groups is 1. The number of urea groups is 1. The maximum absolute atomic E-state index is 12.4. The van der Waals surface area contributed by atoms with Gasteiger partial charge in [0.15, 0.2) is 0 Å². The Labute approximate surface area is 157 Å². The second-order valence-electron chi connectivity index (χ2n) is 8.66. The SMILES string of the molecule is CC(C)(C)[C@H](CN1CCc2ccccc2C1)NC(=O)NC[C@H]1CCCO1. The van der Waals surface area contributed by atoms with E-state index in [-0.39, 0.29) is 23.6 Å². The largest absolute Gasteiger partial charge is 0.376 e. The number of hydrogen-bond donors (Lipinski definition) is 2. The second kappa shape index (κ2) is 8.40. The number of benzene rings is 1. The molecule has 3 rings (SSSR count). The first-order valence-electron chi connectivity index (χ1n) is 9.87. The lowest BCUT2D eigenvalue weighted by atomic mass is 9.86. The summed E-state index contributed by atoms with van der Waals surface area (Å²) in [7, 11) is 0. The molecule has 0 spiro atoms. The minimum absolute atomic E-state index is 0.00182. The molecule has 26 heavy (non-hydrogen) atoms. The number of fused-ring (bicyclic) bond motifs is 1. The second-order valence-corrected chi connectivity index (χ2v) is 8.66. The Kier molecular flexibility index (Phi) is 6.20. The summed E-state index contributed by atoms with van der Waals surface area (Å²) >= 11 is 0. The van der Waals surface area contributed by atoms with E-state index in [1.807, 2.05) is 0 Å². The van der Waals surface area contributed by atoms with Gasteiger partial charge < -0.3 is 15.4 Å². The van der Waals surface area contributed by atoms with Crippen LogP contribution in [-0.2, 0) is 17.7 Å². The first-order valence-corrected chi connectivity index (χ1v) is 9.87. The summed E-state index contributed by atoms with van der Waals surface area (Å²) in [4.78, 5) is 14.9. The Bertz CT molecular complexity index is 606. The molecule has 1 fully saturated rings. The highest BCUT2D eigenvalue weighted by molar-refractivity contribution is 5.74. The monoisotopic (exact) mass is 359 g/mol. The fourth-order valence-corrected chi connectivity index (χ4v) is 3.73. The number of amides is 2. The van der Waals surface area contributed by atoms with E-state index >= 15 is 0 Å². The highest BCUT2D eigenvalue weighted by Gasteiger charge is 2.29. The van der Waals surface area contributed by atoms with Crippen molar-refractivity contribution in [3.63, 3.8) is 0 Å². The number of ether oxygens (including phenoxy) is 1. The zero-order valence-corrected chi connectivity index (χ0v) is 16.4. The van der Waals surface area contributed by atoms with Crippen LogP contribution in [-0.4, -0.2) is 49.3 Å². The van der Waals surface area contributed by atoms with Gasteiger partial charge >= 0.3 is 6.03 Å². The number of carbonyl (C=O) groups excluding carboxylic acids is 1. The Balaban J connectivity index is 1.54. The van der Waals surface area contributed by atoms with E-state index in [9.17, 15) is 4.79 Å². The molecule has 0 saturated carbocycles. The normalized spacial score (nSPS) is 21.9. The van der Waals surface area contributed by atoms with Crippen LogP contribution < -0.4 is 10.6 Å². The van der Waals surface area contributed by atoms with Crippen molar-refractivity contribution in [3.05, 3.63) is 35.4 Å². The zero-order chi connectivity index (χ0) is 18.6. The minimum atomic E-state index is -0.0853. The maximum Gasteiger partial charge on any atom is 0.315 e. The molecule has 2 aliphatic heterocycles. The number of nitrogens with one attached hydrogen (secondary N) is 2. The van der Waals surface area contributed by atoms with Crippen LogP contribution in [0.1, 0.15) is 44.7 Å². The standard InChI is InChI=1S/C21H33N3O2/c1-21(2,3)19(23-20(25)22-13-18-9-6-12-26-18)15-24-11-10-16-7-4-5-8-17(16)14-24/h4-5,7-8,18-19H,6,9-15H2,1-3H3,(H2,22,23,25)/t18-,19+/m1/s1. The van der Waals surface area contributed by atoms with Gasteiger partial charge in [0.05, 0.1) is 6.10 Å². The van der Waals surface area contributed by atoms with Crippen LogP contribution in [0.4, 0.5) is 4.79 Å². The van der Waals surface area contributed by atoms with Gasteiger partial charge in [-0.05, 0) is 35.8 Å². The van der Waals surface area contributed by atoms with Crippen molar-refractivity contribution in [2.75, 3.05) is 26.2 Å². The van der Waals surface area contributed by atoms with Crippen LogP contribution in [0.3, 0.4) is 0 Å². The van der Waals surface area contributed by atoms with Crippen molar-refractivity contribution in [2.24, 2.45) is 5.41 Å². The van der Waals surface area contributed by atoms with E-state index in [1.165, 1.54) is 11.1 Å². The van der Waals surface area contributed by atoms with E-state index in [2.05, 4.69) is 60.6 Å². The number of hydrogen-bond acceptors (Lipinski definition) is 3. The summed E-state index contributed by atoms with van der Waals surface area (Å²) in [5.41, 5.74) is 2.87. The lowest BCUT2D eigenvalue weighted by Gasteiger charge is -2.38. The number of rotatable bonds is 5. The van der Waals surface area contributed by atoms with Crippen LogP contribution in [0.25, 0.3) is 0 Å². The van der Waals surface area contributed by atoms with Gasteiger partial charge in [0.1, 0.15) is 0 Å². The van der Waals surface area contributed by atoms with Crippen molar-refractivity contribution in [2.45, 2.75) is 58.7 Å². The molecule has 144 valence electrons. The summed E-state index contributed by atoms with van der Waals surface area (Å²) in [6.07, 6.45) is 3.39. The molecule has 0 aromatic heterocycles. The average Bonchev–Trinajstić information content (AvgIpc) is 3.12. The van der Waals surface area contributed by atoms with Crippen LogP contribution in [0.2, 0.25) is 0 Å². The summed E-state index contributed by atoms with van der Waals surface area (Å²) in [5, 5.41) is 6.19. The molecular weight excluding hydrogens is 326 g/mol. The first-order chi connectivity index (χ1) is 12.4. The van der Waals surface area contributed by atoms with Crippen LogP contribution >= 0.6 is 0 Å². The zero-order valence-electron chi connectivity index (χ0n) is 16.4. The van der Waals surface area contributed by atoms with Crippen LogP contribution in [0.15, 0.2) is 24.3 Å². The van der Waals surface area contributed by atoms with Crippen LogP contribution in [0, 0.1) is 5.41 Å². The van der Waals surface area contributed by atoms with Gasteiger partial charge in [0.25, 0.3) is 0 Å². The van der Waals surface area contributed by atoms with Gasteiger partial charge in [-0.2, -0.15) is 0 Å². The van der Waals surface area contributed by atoms with E-state index in [0.717, 1.165) is 45.5 Å². The third kappa shape index (κ3) is 5.21. The van der Waals surface area contributed by atoms with Crippen molar-refractivity contribution in [1.29, 1.82) is 0 Å². The predicted molar refractivity (Wildman–Crippen MR) is 104 cm³/mol. The van der Waals surface area contributed by atoms with Gasteiger partial charge in [-0.25, -0.2) is 4.79 Å². The van der Waals surface area contributed by atoms with Crippen LogP contribution in [0.5, 0.6) is 0 Å². The quantitative estimate of drug-likeness (QED) is 0.850. The molecule has 1 aromatic rings.